The Morgan fingerprint density at radius 1 is 1.19 bits per heavy atom. The monoisotopic (exact) mass is 457 g/mol. The number of amides is 2. The number of carboxylic acid groups (broad SMARTS) is 1. The van der Waals surface area contributed by atoms with Crippen LogP contribution in [0.15, 0.2) is 0 Å². The number of nitrogens with two attached hydrogens (primary N) is 1. The molecule has 184 valence electrons. The van der Waals surface area contributed by atoms with E-state index in [1.165, 1.54) is 0 Å². The van der Waals surface area contributed by atoms with E-state index in [1.807, 2.05) is 0 Å². The lowest BCUT2D eigenvalue weighted by Crippen LogP contribution is -2.63. The molecule has 1 rings (SSSR count). The first-order chi connectivity index (χ1) is 14.5. The number of ether oxygens (including phenoxy) is 1. The van der Waals surface area contributed by atoms with Crippen LogP contribution >= 0.6 is 0 Å². The molecule has 0 aromatic heterocycles. The van der Waals surface area contributed by atoms with Crippen molar-refractivity contribution in [3.05, 3.63) is 0 Å². The van der Waals surface area contributed by atoms with Crippen LogP contribution in [0.4, 0.5) is 4.79 Å². The SMILES string of the molecule is CC(C)[C@@](C)(NC(=O)OC(C)(C)C)C(=O)NC[C@@H]1CC[C@@H](CCB(O)O)C[C@]1(N)C(=O)O. The molecule has 11 heteroatoms. The van der Waals surface area contributed by atoms with Gasteiger partial charge in [-0.25, -0.2) is 4.79 Å². The fraction of sp³-hybridized carbons (Fsp3) is 0.857. The molecule has 0 saturated heterocycles. The molecular weight excluding hydrogens is 417 g/mol. The summed E-state index contributed by atoms with van der Waals surface area (Å²) < 4.78 is 5.28. The first-order valence-corrected chi connectivity index (χ1v) is 11.2. The van der Waals surface area contributed by atoms with Gasteiger partial charge in [0.15, 0.2) is 0 Å². The van der Waals surface area contributed by atoms with Gasteiger partial charge in [-0.05, 0) is 65.1 Å². The Morgan fingerprint density at radius 3 is 2.25 bits per heavy atom. The highest BCUT2D eigenvalue weighted by Crippen LogP contribution is 2.38. The van der Waals surface area contributed by atoms with E-state index < -0.39 is 47.7 Å². The van der Waals surface area contributed by atoms with Gasteiger partial charge in [-0.15, -0.1) is 0 Å². The van der Waals surface area contributed by atoms with Crippen molar-refractivity contribution in [1.82, 2.24) is 10.6 Å². The second kappa shape index (κ2) is 10.8. The Bertz CT molecular complexity index is 683. The van der Waals surface area contributed by atoms with E-state index >= 15 is 0 Å². The van der Waals surface area contributed by atoms with Gasteiger partial charge in [-0.2, -0.15) is 0 Å². The molecule has 1 aliphatic rings. The first-order valence-electron chi connectivity index (χ1n) is 11.2. The van der Waals surface area contributed by atoms with Gasteiger partial charge >= 0.3 is 19.2 Å². The highest BCUT2D eigenvalue weighted by atomic mass is 16.6. The summed E-state index contributed by atoms with van der Waals surface area (Å²) in [5.74, 6) is -2.41. The summed E-state index contributed by atoms with van der Waals surface area (Å²) in [6.07, 6.45) is 1.25. The van der Waals surface area contributed by atoms with Crippen molar-refractivity contribution in [2.45, 2.75) is 90.2 Å². The average Bonchev–Trinajstić information content (AvgIpc) is 2.63. The van der Waals surface area contributed by atoms with Crippen molar-refractivity contribution in [2.75, 3.05) is 6.54 Å². The zero-order chi connectivity index (χ0) is 24.9. The second-order valence-electron chi connectivity index (χ2n) is 10.4. The second-order valence-corrected chi connectivity index (χ2v) is 10.4. The predicted octanol–water partition coefficient (Wildman–Crippen LogP) is 1.10. The molecule has 10 nitrogen and oxygen atoms in total. The molecule has 2 amide bonds. The molecule has 0 spiro atoms. The van der Waals surface area contributed by atoms with E-state index in [-0.39, 0.29) is 31.1 Å². The lowest BCUT2D eigenvalue weighted by molar-refractivity contribution is -0.148. The predicted molar refractivity (Wildman–Crippen MR) is 121 cm³/mol. The normalized spacial score (nSPS) is 25.6. The summed E-state index contributed by atoms with van der Waals surface area (Å²) in [6, 6.07) is 0. The third kappa shape index (κ3) is 7.63. The standard InChI is InChI=1S/C21H40BN3O7/c1-13(2)20(6,25-18(29)32-19(3,4)5)16(26)24-12-15-8-7-14(9-10-22(30)31)11-21(15,23)17(27)28/h13-15,30-31H,7-12,23H2,1-6H3,(H,24,26)(H,25,29)(H,27,28)/t14-,15-,20+,21+/m0/s1. The van der Waals surface area contributed by atoms with Gasteiger partial charge in [0.2, 0.25) is 5.91 Å². The van der Waals surface area contributed by atoms with Gasteiger partial charge in [-0.3, -0.25) is 9.59 Å². The van der Waals surface area contributed by atoms with Gasteiger partial charge in [0.1, 0.15) is 16.7 Å². The average molecular weight is 457 g/mol. The topological polar surface area (TPSA) is 171 Å². The van der Waals surface area contributed by atoms with Crippen LogP contribution in [0.5, 0.6) is 0 Å². The Balaban J connectivity index is 2.86. The van der Waals surface area contributed by atoms with E-state index in [0.29, 0.717) is 19.3 Å². The highest BCUT2D eigenvalue weighted by Gasteiger charge is 2.48. The number of carbonyl (C=O) groups is 3. The Morgan fingerprint density at radius 2 is 1.78 bits per heavy atom. The van der Waals surface area contributed by atoms with Crippen LogP contribution in [0.1, 0.15) is 67.2 Å². The fourth-order valence-electron chi connectivity index (χ4n) is 4.00. The van der Waals surface area contributed by atoms with E-state index in [0.717, 1.165) is 0 Å². The number of nitrogens with one attached hydrogen (secondary N) is 2. The molecule has 0 radical (unpaired) electrons. The summed E-state index contributed by atoms with van der Waals surface area (Å²) in [4.78, 5) is 37.3. The van der Waals surface area contributed by atoms with Crippen LogP contribution in [0.3, 0.4) is 0 Å². The van der Waals surface area contributed by atoms with Crippen LogP contribution in [0.2, 0.25) is 6.32 Å². The van der Waals surface area contributed by atoms with Gasteiger partial charge < -0.3 is 36.3 Å². The smallest absolute Gasteiger partial charge is 0.451 e. The maximum atomic E-state index is 13.0. The number of alkyl carbamates (subject to hydrolysis) is 1. The lowest BCUT2D eigenvalue weighted by atomic mass is 9.66. The molecule has 0 aliphatic heterocycles. The number of hydrogen-bond acceptors (Lipinski definition) is 7. The maximum Gasteiger partial charge on any atom is 0.451 e. The number of aliphatic carboxylic acids is 1. The van der Waals surface area contributed by atoms with Crippen LogP contribution in [0, 0.1) is 17.8 Å². The molecule has 1 saturated carbocycles. The Labute approximate surface area is 190 Å². The minimum absolute atomic E-state index is 0.0420. The first kappa shape index (κ1) is 28.2. The quantitative estimate of drug-likeness (QED) is 0.280. The number of hydrogen-bond donors (Lipinski definition) is 6. The molecule has 0 heterocycles. The van der Waals surface area contributed by atoms with Crippen molar-refractivity contribution in [3.8, 4) is 0 Å². The van der Waals surface area contributed by atoms with Crippen molar-refractivity contribution >= 4 is 25.1 Å². The van der Waals surface area contributed by atoms with Crippen molar-refractivity contribution in [3.63, 3.8) is 0 Å². The molecule has 1 aliphatic carbocycles. The lowest BCUT2D eigenvalue weighted by Gasteiger charge is -2.42. The molecule has 7 N–H and O–H groups in total. The number of rotatable bonds is 9. The summed E-state index contributed by atoms with van der Waals surface area (Å²) in [5.41, 5.74) is 2.76. The third-order valence-electron chi connectivity index (χ3n) is 6.41. The number of carbonyl (C=O) groups excluding carboxylic acids is 2. The van der Waals surface area contributed by atoms with Gasteiger partial charge in [-0.1, -0.05) is 20.3 Å². The molecule has 32 heavy (non-hydrogen) atoms. The maximum absolute atomic E-state index is 13.0. The molecule has 0 aromatic carbocycles. The van der Waals surface area contributed by atoms with E-state index in [2.05, 4.69) is 10.6 Å². The molecule has 0 bridgehead atoms. The largest absolute Gasteiger partial charge is 0.480 e. The minimum Gasteiger partial charge on any atom is -0.480 e. The molecule has 1 fully saturated rings. The Kier molecular flexibility index (Phi) is 9.56. The van der Waals surface area contributed by atoms with Crippen LogP contribution in [-0.4, -0.2) is 63.5 Å². The van der Waals surface area contributed by atoms with Crippen molar-refractivity contribution in [1.29, 1.82) is 0 Å². The van der Waals surface area contributed by atoms with Crippen molar-refractivity contribution in [2.24, 2.45) is 23.5 Å². The van der Waals surface area contributed by atoms with Crippen LogP contribution < -0.4 is 16.4 Å². The van der Waals surface area contributed by atoms with E-state index in [4.69, 9.17) is 20.5 Å². The summed E-state index contributed by atoms with van der Waals surface area (Å²) >= 11 is 0. The van der Waals surface area contributed by atoms with Gasteiger partial charge in [0, 0.05) is 12.5 Å². The van der Waals surface area contributed by atoms with Gasteiger partial charge in [0.05, 0.1) is 0 Å². The Hall–Kier alpha value is -1.85. The van der Waals surface area contributed by atoms with Crippen LogP contribution in [-0.2, 0) is 14.3 Å². The molecule has 4 atom stereocenters. The van der Waals surface area contributed by atoms with Crippen LogP contribution in [0.25, 0.3) is 0 Å². The molecular formula is C21H40BN3O7. The molecule has 0 aromatic rings. The van der Waals surface area contributed by atoms with Crippen molar-refractivity contribution < 1.29 is 34.3 Å². The van der Waals surface area contributed by atoms with Gasteiger partial charge in [0.25, 0.3) is 0 Å². The zero-order valence-corrected chi connectivity index (χ0v) is 20.1. The number of carboxylic acids is 1. The zero-order valence-electron chi connectivity index (χ0n) is 20.1. The summed E-state index contributed by atoms with van der Waals surface area (Å²) in [7, 11) is -1.44. The summed E-state index contributed by atoms with van der Waals surface area (Å²) in [5, 5.41) is 33.4. The minimum atomic E-state index is -1.54. The third-order valence-corrected chi connectivity index (χ3v) is 6.41. The highest BCUT2D eigenvalue weighted by molar-refractivity contribution is 6.40. The fourth-order valence-corrected chi connectivity index (χ4v) is 4.00. The summed E-state index contributed by atoms with van der Waals surface area (Å²) in [6.45, 7) is 10.4. The molecule has 0 unspecified atom stereocenters. The van der Waals surface area contributed by atoms with E-state index in [9.17, 15) is 19.5 Å². The van der Waals surface area contributed by atoms with E-state index in [1.54, 1.807) is 41.5 Å².